The number of aliphatic hydroxyl groups excluding tert-OH is 4. The fourth-order valence-corrected chi connectivity index (χ4v) is 0.844. The van der Waals surface area contributed by atoms with Crippen molar-refractivity contribution in [3.8, 4) is 0 Å². The Morgan fingerprint density at radius 2 is 1.69 bits per heavy atom. The van der Waals surface area contributed by atoms with Crippen LogP contribution in [0.25, 0.3) is 0 Å². The van der Waals surface area contributed by atoms with Gasteiger partial charge in [-0.1, -0.05) is 13.8 Å². The summed E-state index contributed by atoms with van der Waals surface area (Å²) in [6, 6.07) is 0. The van der Waals surface area contributed by atoms with Crippen LogP contribution in [0.5, 0.6) is 0 Å². The maximum absolute atomic E-state index is 9.31. The molecule has 0 amide bonds. The predicted molar refractivity (Wildman–Crippen MR) is 47.7 cm³/mol. The van der Waals surface area contributed by atoms with Gasteiger partial charge in [-0.25, -0.2) is 0 Å². The van der Waals surface area contributed by atoms with Crippen molar-refractivity contribution in [3.63, 3.8) is 0 Å². The van der Waals surface area contributed by atoms with Gasteiger partial charge in [-0.2, -0.15) is 0 Å². The van der Waals surface area contributed by atoms with Gasteiger partial charge in [-0.3, -0.25) is 0 Å². The summed E-state index contributed by atoms with van der Waals surface area (Å²) in [5.74, 6) is -0.199. The summed E-state index contributed by atoms with van der Waals surface area (Å²) in [6.45, 7) is 2.76. The molecule has 3 atom stereocenters. The van der Waals surface area contributed by atoms with E-state index in [9.17, 15) is 10.2 Å². The van der Waals surface area contributed by atoms with E-state index >= 15 is 0 Å². The summed E-state index contributed by atoms with van der Waals surface area (Å²) < 4.78 is 0. The van der Waals surface area contributed by atoms with Gasteiger partial charge in [0.05, 0.1) is 6.61 Å². The van der Waals surface area contributed by atoms with E-state index < -0.39 is 24.9 Å². The minimum atomic E-state index is -1.50. The molecule has 0 rings (SSSR count). The maximum atomic E-state index is 9.31. The van der Waals surface area contributed by atoms with Crippen LogP contribution in [-0.4, -0.2) is 51.1 Å². The fraction of sp³-hybridized carbons (Fsp3) is 0.875. The van der Waals surface area contributed by atoms with Gasteiger partial charge in [0, 0.05) is 5.71 Å². The first kappa shape index (κ1) is 12.5. The molecule has 0 spiro atoms. The summed E-state index contributed by atoms with van der Waals surface area (Å²) in [7, 11) is 0. The molecule has 0 fully saturated rings. The molecule has 0 saturated carbocycles. The molecular formula is C8H17NO4. The lowest BCUT2D eigenvalue weighted by molar-refractivity contribution is -0.0565. The molecule has 78 valence electrons. The lowest BCUT2D eigenvalue weighted by Crippen LogP contribution is -2.44. The van der Waals surface area contributed by atoms with Crippen LogP contribution >= 0.6 is 0 Å². The van der Waals surface area contributed by atoms with E-state index in [0.29, 0.717) is 0 Å². The maximum Gasteiger partial charge on any atom is 0.120 e. The minimum absolute atomic E-state index is 0.0556. The molecule has 0 aromatic heterocycles. The molecule has 0 radical (unpaired) electrons. The van der Waals surface area contributed by atoms with Crippen molar-refractivity contribution in [3.05, 3.63) is 0 Å². The quantitative estimate of drug-likeness (QED) is 0.350. The van der Waals surface area contributed by atoms with Gasteiger partial charge in [0.2, 0.25) is 0 Å². The van der Waals surface area contributed by atoms with Crippen molar-refractivity contribution in [1.29, 1.82) is 5.41 Å². The highest BCUT2D eigenvalue weighted by atomic mass is 16.4. The summed E-state index contributed by atoms with van der Waals surface area (Å²) in [6.07, 6.45) is -4.32. The first-order valence-electron chi connectivity index (χ1n) is 4.15. The van der Waals surface area contributed by atoms with E-state index in [1.807, 2.05) is 0 Å². The summed E-state index contributed by atoms with van der Waals surface area (Å²) in [5, 5.41) is 43.3. The van der Waals surface area contributed by atoms with Crippen LogP contribution in [0.15, 0.2) is 0 Å². The highest BCUT2D eigenvalue weighted by molar-refractivity contribution is 5.87. The second kappa shape index (κ2) is 5.29. The molecular weight excluding hydrogens is 174 g/mol. The molecule has 0 aromatic carbocycles. The Kier molecular flexibility index (Phi) is 5.09. The summed E-state index contributed by atoms with van der Waals surface area (Å²) >= 11 is 0. The highest BCUT2D eigenvalue weighted by Gasteiger charge is 2.28. The Labute approximate surface area is 77.2 Å². The number of hydrogen-bond acceptors (Lipinski definition) is 5. The Morgan fingerprint density at radius 1 is 1.23 bits per heavy atom. The third-order valence-electron chi connectivity index (χ3n) is 1.85. The topological polar surface area (TPSA) is 105 Å². The Hall–Kier alpha value is -0.490. The lowest BCUT2D eigenvalue weighted by Gasteiger charge is -2.23. The molecule has 0 aliphatic carbocycles. The zero-order valence-corrected chi connectivity index (χ0v) is 7.81. The Bertz CT molecular complexity index is 172. The van der Waals surface area contributed by atoms with Gasteiger partial charge in [0.25, 0.3) is 0 Å². The van der Waals surface area contributed by atoms with Crippen molar-refractivity contribution >= 4 is 5.71 Å². The molecule has 0 saturated heterocycles. The standard InChI is InChI=1S/C8H17NO4/c1-4(2)6(9)8(13)7(12)5(11)3-10/h4-5,7-13H,3H2,1-2H3. The molecule has 0 aliphatic rings. The smallest absolute Gasteiger partial charge is 0.120 e. The van der Waals surface area contributed by atoms with Crippen molar-refractivity contribution in [1.82, 2.24) is 0 Å². The second-order valence-electron chi connectivity index (χ2n) is 3.30. The number of rotatable bonds is 5. The Balaban J connectivity index is 4.24. The third-order valence-corrected chi connectivity index (χ3v) is 1.85. The second-order valence-corrected chi connectivity index (χ2v) is 3.30. The number of nitrogens with one attached hydrogen (secondary N) is 1. The van der Waals surface area contributed by atoms with E-state index in [1.54, 1.807) is 13.8 Å². The average Bonchev–Trinajstić information content (AvgIpc) is 2.12. The molecule has 5 heteroatoms. The van der Waals surface area contributed by atoms with Gasteiger partial charge in [0.1, 0.15) is 18.3 Å². The molecule has 3 unspecified atom stereocenters. The van der Waals surface area contributed by atoms with E-state index in [0.717, 1.165) is 0 Å². The van der Waals surface area contributed by atoms with Crippen LogP contribution in [0.3, 0.4) is 0 Å². The van der Waals surface area contributed by atoms with E-state index in [4.69, 9.17) is 15.6 Å². The van der Waals surface area contributed by atoms with Gasteiger partial charge >= 0.3 is 0 Å². The predicted octanol–water partition coefficient (Wildman–Crippen LogP) is -1.26. The Morgan fingerprint density at radius 3 is 2.00 bits per heavy atom. The molecule has 5 N–H and O–H groups in total. The first-order valence-corrected chi connectivity index (χ1v) is 4.15. The van der Waals surface area contributed by atoms with E-state index in [-0.39, 0.29) is 11.6 Å². The largest absolute Gasteiger partial charge is 0.394 e. The van der Waals surface area contributed by atoms with Crippen LogP contribution in [0.4, 0.5) is 0 Å². The first-order chi connectivity index (χ1) is 5.91. The van der Waals surface area contributed by atoms with Crippen LogP contribution in [0, 0.1) is 11.3 Å². The minimum Gasteiger partial charge on any atom is -0.394 e. The van der Waals surface area contributed by atoms with Crippen LogP contribution in [0.2, 0.25) is 0 Å². The SMILES string of the molecule is CC(C)C(=N)C(O)C(O)C(O)CO. The summed E-state index contributed by atoms with van der Waals surface area (Å²) in [4.78, 5) is 0. The molecule has 13 heavy (non-hydrogen) atoms. The molecule has 0 aliphatic heterocycles. The van der Waals surface area contributed by atoms with Crippen molar-refractivity contribution in [2.24, 2.45) is 5.92 Å². The molecule has 0 bridgehead atoms. The number of hydrogen-bond donors (Lipinski definition) is 5. The third kappa shape index (κ3) is 3.40. The monoisotopic (exact) mass is 191 g/mol. The van der Waals surface area contributed by atoms with E-state index in [2.05, 4.69) is 0 Å². The van der Waals surface area contributed by atoms with Gasteiger partial charge in [0.15, 0.2) is 0 Å². The zero-order chi connectivity index (χ0) is 10.6. The van der Waals surface area contributed by atoms with Crippen LogP contribution in [-0.2, 0) is 0 Å². The molecule has 0 aromatic rings. The average molecular weight is 191 g/mol. The van der Waals surface area contributed by atoms with Gasteiger partial charge in [-0.15, -0.1) is 0 Å². The van der Waals surface area contributed by atoms with Gasteiger partial charge < -0.3 is 25.8 Å². The van der Waals surface area contributed by atoms with E-state index in [1.165, 1.54) is 0 Å². The molecule has 0 heterocycles. The normalized spacial score (nSPS) is 18.4. The van der Waals surface area contributed by atoms with Crippen LogP contribution < -0.4 is 0 Å². The summed E-state index contributed by atoms with van der Waals surface area (Å²) in [5.41, 5.74) is -0.0556. The van der Waals surface area contributed by atoms with Crippen LogP contribution in [0.1, 0.15) is 13.8 Å². The zero-order valence-electron chi connectivity index (χ0n) is 7.81. The van der Waals surface area contributed by atoms with Crippen molar-refractivity contribution < 1.29 is 20.4 Å². The van der Waals surface area contributed by atoms with Gasteiger partial charge in [-0.05, 0) is 5.92 Å². The van der Waals surface area contributed by atoms with Crippen molar-refractivity contribution in [2.45, 2.75) is 32.2 Å². The highest BCUT2D eigenvalue weighted by Crippen LogP contribution is 2.07. The fourth-order valence-electron chi connectivity index (χ4n) is 0.844. The molecule has 5 nitrogen and oxygen atoms in total. The lowest BCUT2D eigenvalue weighted by atomic mass is 9.96. The van der Waals surface area contributed by atoms with Crippen molar-refractivity contribution in [2.75, 3.05) is 6.61 Å². The number of aliphatic hydroxyl groups is 4.